The van der Waals surface area contributed by atoms with Gasteiger partial charge in [0.2, 0.25) is 21.9 Å². The Kier molecular flexibility index (Phi) is 10.1. The van der Waals surface area contributed by atoms with E-state index in [-0.39, 0.29) is 17.5 Å². The van der Waals surface area contributed by atoms with Crippen molar-refractivity contribution in [3.8, 4) is 17.1 Å². The third-order valence-electron chi connectivity index (χ3n) is 8.06. The number of methoxy groups -OCH3 is 2. The Hall–Kier alpha value is -3.62. The maximum atomic E-state index is 15.3. The number of nitrogens with one attached hydrogen (secondary N) is 1. The van der Waals surface area contributed by atoms with Crippen LogP contribution >= 0.6 is 0 Å². The molecule has 0 bridgehead atoms. The van der Waals surface area contributed by atoms with Crippen LogP contribution in [0.4, 0.5) is 16.0 Å². The maximum absolute atomic E-state index is 15.3. The molecule has 0 saturated carbocycles. The van der Waals surface area contributed by atoms with Gasteiger partial charge in [-0.1, -0.05) is 0 Å². The van der Waals surface area contributed by atoms with Gasteiger partial charge in [-0.05, 0) is 68.5 Å². The summed E-state index contributed by atoms with van der Waals surface area (Å²) in [7, 11) is -0.817. The summed E-state index contributed by atoms with van der Waals surface area (Å²) in [5, 5.41) is 0.506. The lowest BCUT2D eigenvalue weighted by Crippen LogP contribution is -2.37. The average Bonchev–Trinajstić information content (AvgIpc) is 3.01. The fourth-order valence-corrected chi connectivity index (χ4v) is 6.37. The van der Waals surface area contributed by atoms with Crippen LogP contribution in [0.1, 0.15) is 37.7 Å². The first-order valence-electron chi connectivity index (χ1n) is 14.8. The second-order valence-electron chi connectivity index (χ2n) is 11.3. The molecular formula is C30H39FN6O6S. The fourth-order valence-electron chi connectivity index (χ4n) is 5.83. The number of morpholine rings is 1. The van der Waals surface area contributed by atoms with E-state index in [0.717, 1.165) is 50.6 Å². The Balaban J connectivity index is 1.49. The van der Waals surface area contributed by atoms with Gasteiger partial charge in [-0.3, -0.25) is 14.4 Å². The van der Waals surface area contributed by atoms with Gasteiger partial charge in [-0.15, -0.1) is 0 Å². The number of rotatable bonds is 11. The Morgan fingerprint density at radius 2 is 1.86 bits per heavy atom. The highest BCUT2D eigenvalue weighted by Crippen LogP contribution is 2.35. The second-order valence-corrected chi connectivity index (χ2v) is 13.0. The van der Waals surface area contributed by atoms with Gasteiger partial charge >= 0.3 is 5.97 Å². The molecule has 44 heavy (non-hydrogen) atoms. The summed E-state index contributed by atoms with van der Waals surface area (Å²) in [4.78, 5) is 29.9. The zero-order valence-electron chi connectivity index (χ0n) is 25.3. The third-order valence-corrected chi connectivity index (χ3v) is 8.65. The van der Waals surface area contributed by atoms with E-state index in [1.165, 1.54) is 32.5 Å². The van der Waals surface area contributed by atoms with E-state index >= 15 is 4.39 Å². The number of hydrogen-bond acceptors (Lipinski definition) is 11. The summed E-state index contributed by atoms with van der Waals surface area (Å²) in [5.74, 6) is 0.545. The number of pyridine rings is 1. The first kappa shape index (κ1) is 31.8. The number of likely N-dealkylation sites (tertiary alicyclic amines) is 1. The van der Waals surface area contributed by atoms with Gasteiger partial charge in [0.05, 0.1) is 44.9 Å². The molecule has 0 aliphatic carbocycles. The van der Waals surface area contributed by atoms with Crippen LogP contribution in [-0.2, 0) is 30.8 Å². The third kappa shape index (κ3) is 7.90. The Morgan fingerprint density at radius 1 is 1.11 bits per heavy atom. The second kappa shape index (κ2) is 14.0. The van der Waals surface area contributed by atoms with Gasteiger partial charge in [0.1, 0.15) is 11.5 Å². The summed E-state index contributed by atoms with van der Waals surface area (Å²) in [6, 6.07) is 4.54. The van der Waals surface area contributed by atoms with Gasteiger partial charge in [0, 0.05) is 43.2 Å². The van der Waals surface area contributed by atoms with Gasteiger partial charge in [-0.25, -0.2) is 27.8 Å². The van der Waals surface area contributed by atoms with E-state index in [2.05, 4.69) is 14.6 Å². The molecule has 0 atom stereocenters. The molecule has 3 aromatic rings. The number of carbonyl (C=O) groups is 1. The van der Waals surface area contributed by atoms with Gasteiger partial charge in [-0.2, -0.15) is 0 Å². The predicted octanol–water partition coefficient (Wildman–Crippen LogP) is 3.60. The topological polar surface area (TPSA) is 136 Å². The first-order chi connectivity index (χ1) is 21.1. The van der Waals surface area contributed by atoms with E-state index in [0.29, 0.717) is 73.3 Å². The van der Waals surface area contributed by atoms with Crippen molar-refractivity contribution in [2.24, 2.45) is 5.92 Å². The molecule has 14 heteroatoms. The molecule has 2 aliphatic heterocycles. The number of sulfonamides is 1. The lowest BCUT2D eigenvalue weighted by Gasteiger charge is -2.32. The van der Waals surface area contributed by atoms with Crippen LogP contribution in [0.25, 0.3) is 22.2 Å². The molecule has 1 N–H and O–H groups in total. The molecule has 5 rings (SSSR count). The van der Waals surface area contributed by atoms with Crippen molar-refractivity contribution in [2.45, 2.75) is 38.6 Å². The zero-order valence-corrected chi connectivity index (χ0v) is 26.2. The summed E-state index contributed by atoms with van der Waals surface area (Å²) in [5.41, 5.74) is 2.46. The quantitative estimate of drug-likeness (QED) is 0.311. The molecule has 0 radical (unpaired) electrons. The highest BCUT2D eigenvalue weighted by atomic mass is 32.2. The molecule has 0 unspecified atom stereocenters. The van der Waals surface area contributed by atoms with Crippen molar-refractivity contribution < 1.29 is 31.8 Å². The zero-order chi connectivity index (χ0) is 31.3. The van der Waals surface area contributed by atoms with Crippen LogP contribution in [0.2, 0.25) is 0 Å². The lowest BCUT2D eigenvalue weighted by atomic mass is 9.91. The summed E-state index contributed by atoms with van der Waals surface area (Å²) >= 11 is 0. The number of carbonyl (C=O) groups excluding carboxylic acids is 1. The SMILES string of the molecule is COC(=O)CCCC1CCN(Cc2cc(F)cc3c(-c4cnc(OC)c(NS(C)(=O)=O)c4)nc(N4CCOCC4)nc23)CC1. The number of fused-ring (bicyclic) bond motifs is 1. The van der Waals surface area contributed by atoms with Gasteiger partial charge in [0.25, 0.3) is 0 Å². The van der Waals surface area contributed by atoms with Crippen LogP contribution in [0.5, 0.6) is 5.88 Å². The van der Waals surface area contributed by atoms with Crippen LogP contribution in [0, 0.1) is 11.7 Å². The van der Waals surface area contributed by atoms with E-state index in [1.54, 1.807) is 6.07 Å². The first-order valence-corrected chi connectivity index (χ1v) is 16.7. The molecule has 0 amide bonds. The van der Waals surface area contributed by atoms with Crippen molar-refractivity contribution in [3.05, 3.63) is 35.8 Å². The van der Waals surface area contributed by atoms with Crippen LogP contribution in [0.15, 0.2) is 24.4 Å². The Labute approximate surface area is 257 Å². The van der Waals surface area contributed by atoms with Crippen LogP contribution in [-0.4, -0.2) is 94.1 Å². The normalized spacial score (nSPS) is 16.7. The number of benzene rings is 1. The van der Waals surface area contributed by atoms with Crippen molar-refractivity contribution in [3.63, 3.8) is 0 Å². The summed E-state index contributed by atoms with van der Waals surface area (Å²) < 4.78 is 57.4. The highest BCUT2D eigenvalue weighted by Gasteiger charge is 2.24. The van der Waals surface area contributed by atoms with Gasteiger partial charge in [0.15, 0.2) is 0 Å². The van der Waals surface area contributed by atoms with Crippen molar-refractivity contribution in [1.82, 2.24) is 19.9 Å². The van der Waals surface area contributed by atoms with Crippen LogP contribution in [0.3, 0.4) is 0 Å². The number of anilines is 2. The molecule has 2 saturated heterocycles. The Bertz CT molecular complexity index is 1590. The number of esters is 1. The van der Waals surface area contributed by atoms with E-state index in [9.17, 15) is 13.2 Å². The van der Waals surface area contributed by atoms with Crippen LogP contribution < -0.4 is 14.4 Å². The molecule has 1 aromatic carbocycles. The number of aromatic nitrogens is 3. The molecule has 12 nitrogen and oxygen atoms in total. The number of ether oxygens (including phenoxy) is 3. The number of hydrogen-bond donors (Lipinski definition) is 1. The molecule has 4 heterocycles. The molecule has 2 aliphatic rings. The monoisotopic (exact) mass is 630 g/mol. The van der Waals surface area contributed by atoms with Crippen molar-refractivity contribution in [1.29, 1.82) is 0 Å². The smallest absolute Gasteiger partial charge is 0.305 e. The lowest BCUT2D eigenvalue weighted by molar-refractivity contribution is -0.140. The van der Waals surface area contributed by atoms with Crippen molar-refractivity contribution >= 4 is 38.5 Å². The van der Waals surface area contributed by atoms with Gasteiger partial charge < -0.3 is 19.1 Å². The highest BCUT2D eigenvalue weighted by molar-refractivity contribution is 7.92. The molecule has 2 aromatic heterocycles. The largest absolute Gasteiger partial charge is 0.480 e. The standard InChI is InChI=1S/C30H39FN6O6S/c1-41-26(38)6-4-5-20-7-9-36(10-8-20)19-22-15-23(31)17-24-27(33-30(34-28(22)24)37-11-13-43-14-12-37)21-16-25(35-44(3,39)40)29(42-2)32-18-21/h15-18,20,35H,4-14,19H2,1-3H3. The maximum Gasteiger partial charge on any atom is 0.305 e. The van der Waals surface area contributed by atoms with E-state index < -0.39 is 15.8 Å². The number of nitrogens with zero attached hydrogens (tertiary/aromatic N) is 5. The summed E-state index contributed by atoms with van der Waals surface area (Å²) in [6.45, 7) is 4.52. The molecular weight excluding hydrogens is 591 g/mol. The molecule has 238 valence electrons. The minimum absolute atomic E-state index is 0.103. The fraction of sp³-hybridized carbons (Fsp3) is 0.533. The molecule has 0 spiro atoms. The van der Waals surface area contributed by atoms with E-state index in [4.69, 9.17) is 24.2 Å². The minimum atomic E-state index is -3.63. The number of halogens is 1. The average molecular weight is 631 g/mol. The molecule has 2 fully saturated rings. The Morgan fingerprint density at radius 3 is 2.55 bits per heavy atom. The van der Waals surface area contributed by atoms with Crippen molar-refractivity contribution in [2.75, 3.05) is 69.5 Å². The minimum Gasteiger partial charge on any atom is -0.480 e. The number of piperidine rings is 1. The summed E-state index contributed by atoms with van der Waals surface area (Å²) in [6.07, 6.45) is 6.82. The predicted molar refractivity (Wildman–Crippen MR) is 165 cm³/mol. The van der Waals surface area contributed by atoms with E-state index in [1.807, 2.05) is 4.90 Å².